The Morgan fingerprint density at radius 3 is 2.47 bits per heavy atom. The van der Waals surface area contributed by atoms with Crippen LogP contribution in [0.3, 0.4) is 0 Å². The second-order valence-electron chi connectivity index (χ2n) is 4.63. The first-order chi connectivity index (χ1) is 7.38. The minimum Gasteiger partial charge on any atom is -0.0721 e. The molecule has 0 heterocycles. The zero-order valence-corrected chi connectivity index (χ0v) is 9.34. The van der Waals surface area contributed by atoms with Gasteiger partial charge in [0.15, 0.2) is 0 Å². The van der Waals surface area contributed by atoms with E-state index in [0.717, 1.165) is 6.42 Å². The first kappa shape index (κ1) is 9.21. The minimum absolute atomic E-state index is 1.16. The molecule has 0 atom stereocenters. The van der Waals surface area contributed by atoms with E-state index in [0.29, 0.717) is 0 Å². The molecule has 0 saturated carbocycles. The summed E-state index contributed by atoms with van der Waals surface area (Å²) in [6, 6.07) is 4.87. The number of rotatable bonds is 1. The molecule has 15 heavy (non-hydrogen) atoms. The van der Waals surface area contributed by atoms with E-state index in [9.17, 15) is 0 Å². The third-order valence-electron chi connectivity index (χ3n) is 3.70. The standard InChI is InChI=1S/C15H17/c1-2-11-7-8-14-9-12-5-3-4-6-13(12)10-15(11)14/h7-10H,2-6H2,1H3. The Morgan fingerprint density at radius 1 is 1.00 bits per heavy atom. The molecule has 1 aromatic rings. The van der Waals surface area contributed by atoms with E-state index in [1.807, 2.05) is 0 Å². The fourth-order valence-electron chi connectivity index (χ4n) is 2.81. The van der Waals surface area contributed by atoms with Gasteiger partial charge in [-0.1, -0.05) is 31.2 Å². The summed E-state index contributed by atoms with van der Waals surface area (Å²) in [5.74, 6) is 1.51. The third-order valence-corrected chi connectivity index (χ3v) is 3.70. The molecule has 0 N–H and O–H groups in total. The van der Waals surface area contributed by atoms with E-state index in [2.05, 4.69) is 31.2 Å². The summed E-state index contributed by atoms with van der Waals surface area (Å²) in [5, 5.41) is 0. The van der Waals surface area contributed by atoms with Crippen molar-refractivity contribution in [3.8, 4) is 0 Å². The Balaban J connectivity index is 2.08. The van der Waals surface area contributed by atoms with Crippen molar-refractivity contribution < 1.29 is 0 Å². The fourth-order valence-corrected chi connectivity index (χ4v) is 2.81. The molecular weight excluding hydrogens is 180 g/mol. The van der Waals surface area contributed by atoms with Gasteiger partial charge in [0.25, 0.3) is 0 Å². The Kier molecular flexibility index (Phi) is 2.16. The number of benzene rings is 1. The predicted molar refractivity (Wildman–Crippen MR) is 64.8 cm³/mol. The van der Waals surface area contributed by atoms with Crippen LogP contribution < -0.4 is 0 Å². The van der Waals surface area contributed by atoms with E-state index in [1.54, 1.807) is 11.1 Å². The Hall–Kier alpha value is -1.04. The topological polar surface area (TPSA) is 0 Å². The first-order valence-corrected chi connectivity index (χ1v) is 6.08. The zero-order chi connectivity index (χ0) is 10.3. The Morgan fingerprint density at radius 2 is 1.73 bits per heavy atom. The van der Waals surface area contributed by atoms with Crippen molar-refractivity contribution in [1.29, 1.82) is 0 Å². The van der Waals surface area contributed by atoms with Gasteiger partial charge >= 0.3 is 0 Å². The van der Waals surface area contributed by atoms with Crippen LogP contribution in [0.1, 0.15) is 48.4 Å². The van der Waals surface area contributed by atoms with Crippen LogP contribution in [-0.2, 0) is 12.8 Å². The molecule has 0 heteroatoms. The van der Waals surface area contributed by atoms with E-state index < -0.39 is 0 Å². The van der Waals surface area contributed by atoms with Crippen molar-refractivity contribution in [2.45, 2.75) is 39.0 Å². The van der Waals surface area contributed by atoms with Crippen molar-refractivity contribution >= 4 is 6.08 Å². The van der Waals surface area contributed by atoms with Crippen LogP contribution in [0.4, 0.5) is 0 Å². The van der Waals surface area contributed by atoms with Gasteiger partial charge in [0, 0.05) is 5.92 Å². The molecule has 0 aromatic heterocycles. The zero-order valence-electron chi connectivity index (χ0n) is 9.34. The number of fused-ring (bicyclic) bond motifs is 2. The van der Waals surface area contributed by atoms with Gasteiger partial charge in [-0.3, -0.25) is 0 Å². The van der Waals surface area contributed by atoms with Crippen LogP contribution in [0, 0.1) is 5.92 Å². The molecule has 3 rings (SSSR count). The quantitative estimate of drug-likeness (QED) is 0.640. The number of hydrogen-bond acceptors (Lipinski definition) is 0. The molecule has 1 aromatic carbocycles. The summed E-state index contributed by atoms with van der Waals surface area (Å²) < 4.78 is 0. The average Bonchev–Trinajstić information content (AvgIpc) is 2.68. The maximum Gasteiger partial charge on any atom is 0.0270 e. The molecule has 0 nitrogen and oxygen atoms in total. The SMILES string of the molecule is CC[C]1C=Cc2cc3c(cc21)CCCC3. The van der Waals surface area contributed by atoms with Gasteiger partial charge in [-0.2, -0.15) is 0 Å². The highest BCUT2D eigenvalue weighted by Crippen LogP contribution is 2.35. The Labute approximate surface area is 92.0 Å². The molecule has 0 spiro atoms. The van der Waals surface area contributed by atoms with Crippen LogP contribution >= 0.6 is 0 Å². The molecule has 0 aliphatic heterocycles. The maximum atomic E-state index is 2.45. The van der Waals surface area contributed by atoms with Gasteiger partial charge in [0.2, 0.25) is 0 Å². The second kappa shape index (κ2) is 3.52. The molecule has 77 valence electrons. The predicted octanol–water partition coefficient (Wildman–Crippen LogP) is 3.92. The second-order valence-corrected chi connectivity index (χ2v) is 4.63. The summed E-state index contributed by atoms with van der Waals surface area (Å²) >= 11 is 0. The fraction of sp³-hybridized carbons (Fsp3) is 0.400. The van der Waals surface area contributed by atoms with Crippen LogP contribution in [0.2, 0.25) is 0 Å². The van der Waals surface area contributed by atoms with Crippen LogP contribution in [0.5, 0.6) is 0 Å². The summed E-state index contributed by atoms with van der Waals surface area (Å²) in [6.07, 6.45) is 11.1. The number of allylic oxidation sites excluding steroid dienone is 1. The molecule has 0 fully saturated rings. The van der Waals surface area contributed by atoms with E-state index >= 15 is 0 Å². The van der Waals surface area contributed by atoms with Crippen LogP contribution in [-0.4, -0.2) is 0 Å². The monoisotopic (exact) mass is 197 g/mol. The van der Waals surface area contributed by atoms with Crippen molar-refractivity contribution in [3.63, 3.8) is 0 Å². The molecule has 2 aliphatic rings. The molecular formula is C15H17. The highest BCUT2D eigenvalue weighted by Gasteiger charge is 2.19. The smallest absolute Gasteiger partial charge is 0.0270 e. The average molecular weight is 197 g/mol. The van der Waals surface area contributed by atoms with Gasteiger partial charge in [0.05, 0.1) is 0 Å². The van der Waals surface area contributed by atoms with Crippen molar-refractivity contribution in [3.05, 3.63) is 46.4 Å². The van der Waals surface area contributed by atoms with Crippen LogP contribution in [0.15, 0.2) is 18.2 Å². The van der Waals surface area contributed by atoms with Gasteiger partial charge in [-0.05, 0) is 54.4 Å². The van der Waals surface area contributed by atoms with E-state index in [-0.39, 0.29) is 0 Å². The minimum atomic E-state index is 1.16. The molecule has 2 aliphatic carbocycles. The first-order valence-electron chi connectivity index (χ1n) is 6.08. The molecule has 0 amide bonds. The molecule has 1 radical (unpaired) electrons. The maximum absolute atomic E-state index is 2.45. The number of aryl methyl sites for hydroxylation is 2. The lowest BCUT2D eigenvalue weighted by Crippen LogP contribution is -2.05. The number of hydrogen-bond donors (Lipinski definition) is 0. The summed E-state index contributed by atoms with van der Waals surface area (Å²) in [7, 11) is 0. The van der Waals surface area contributed by atoms with Gasteiger partial charge < -0.3 is 0 Å². The largest absolute Gasteiger partial charge is 0.0721 e. The third kappa shape index (κ3) is 1.43. The molecule has 0 saturated heterocycles. The highest BCUT2D eigenvalue weighted by atomic mass is 14.2. The van der Waals surface area contributed by atoms with E-state index in [1.165, 1.54) is 42.7 Å². The lowest BCUT2D eigenvalue weighted by atomic mass is 9.86. The van der Waals surface area contributed by atoms with Gasteiger partial charge in [-0.25, -0.2) is 0 Å². The summed E-state index contributed by atoms with van der Waals surface area (Å²) in [4.78, 5) is 0. The van der Waals surface area contributed by atoms with E-state index in [4.69, 9.17) is 0 Å². The lowest BCUT2D eigenvalue weighted by molar-refractivity contribution is 0.684. The van der Waals surface area contributed by atoms with Crippen molar-refractivity contribution in [2.75, 3.05) is 0 Å². The summed E-state index contributed by atoms with van der Waals surface area (Å²) in [5.41, 5.74) is 6.15. The van der Waals surface area contributed by atoms with Gasteiger partial charge in [0.1, 0.15) is 0 Å². The highest BCUT2D eigenvalue weighted by molar-refractivity contribution is 5.70. The van der Waals surface area contributed by atoms with Gasteiger partial charge in [-0.15, -0.1) is 0 Å². The van der Waals surface area contributed by atoms with Crippen molar-refractivity contribution in [1.82, 2.24) is 0 Å². The van der Waals surface area contributed by atoms with Crippen molar-refractivity contribution in [2.24, 2.45) is 0 Å². The van der Waals surface area contributed by atoms with Crippen LogP contribution in [0.25, 0.3) is 6.08 Å². The lowest BCUT2D eigenvalue weighted by Gasteiger charge is -2.18. The normalized spacial score (nSPS) is 19.0. The molecule has 0 unspecified atom stereocenters. The Bertz CT molecular complexity index is 412. The summed E-state index contributed by atoms with van der Waals surface area (Å²) in [6.45, 7) is 2.24. The molecule has 0 bridgehead atoms.